The third-order valence-corrected chi connectivity index (χ3v) is 4.75. The average Bonchev–Trinajstić information content (AvgIpc) is 2.39. The molecule has 0 atom stereocenters. The molecular weight excluding hydrogens is 309 g/mol. The van der Waals surface area contributed by atoms with Crippen molar-refractivity contribution in [3.63, 3.8) is 0 Å². The van der Waals surface area contributed by atoms with Gasteiger partial charge in [-0.15, -0.1) is 0 Å². The molecular formula is C15H22FNO4S. The molecule has 1 rings (SSSR count). The van der Waals surface area contributed by atoms with Crippen LogP contribution in [-0.2, 0) is 14.6 Å². The number of halogens is 1. The van der Waals surface area contributed by atoms with Gasteiger partial charge >= 0.3 is 0 Å². The van der Waals surface area contributed by atoms with Gasteiger partial charge in [0.25, 0.3) is 0 Å². The molecule has 0 heterocycles. The van der Waals surface area contributed by atoms with E-state index < -0.39 is 21.6 Å². The van der Waals surface area contributed by atoms with Gasteiger partial charge in [0.1, 0.15) is 11.6 Å². The van der Waals surface area contributed by atoms with E-state index in [-0.39, 0.29) is 29.6 Å². The van der Waals surface area contributed by atoms with Crippen molar-refractivity contribution in [1.82, 2.24) is 0 Å². The van der Waals surface area contributed by atoms with E-state index in [1.54, 1.807) is 6.92 Å². The summed E-state index contributed by atoms with van der Waals surface area (Å²) in [5, 5.41) is 2.55. The highest BCUT2D eigenvalue weighted by atomic mass is 32.2. The van der Waals surface area contributed by atoms with E-state index in [2.05, 4.69) is 5.32 Å². The Bertz CT molecular complexity index is 614. The van der Waals surface area contributed by atoms with Crippen LogP contribution in [0.5, 0.6) is 5.75 Å². The van der Waals surface area contributed by atoms with Crippen molar-refractivity contribution < 1.29 is 22.3 Å². The van der Waals surface area contributed by atoms with Crippen molar-refractivity contribution in [2.24, 2.45) is 5.92 Å². The van der Waals surface area contributed by atoms with Gasteiger partial charge < -0.3 is 10.1 Å². The lowest BCUT2D eigenvalue weighted by atomic mass is 10.2. The van der Waals surface area contributed by atoms with Crippen molar-refractivity contribution in [3.8, 4) is 5.75 Å². The number of benzene rings is 1. The highest BCUT2D eigenvalue weighted by molar-refractivity contribution is 7.91. The first kappa shape index (κ1) is 18.4. The molecule has 124 valence electrons. The van der Waals surface area contributed by atoms with Gasteiger partial charge in [0.05, 0.1) is 23.8 Å². The standard InChI is InChI=1S/C15H22FNO4S/c1-4-21-14-9-12(16)5-6-13(14)17-15(18)7-8-22(19,20)10-11(2)3/h5-6,9,11H,4,7-8,10H2,1-3H3,(H,17,18). The molecule has 0 saturated carbocycles. The first-order chi connectivity index (χ1) is 10.2. The summed E-state index contributed by atoms with van der Waals surface area (Å²) >= 11 is 0. The molecule has 0 spiro atoms. The lowest BCUT2D eigenvalue weighted by Crippen LogP contribution is -2.21. The first-order valence-corrected chi connectivity index (χ1v) is 8.98. The Kier molecular flexibility index (Phi) is 6.80. The SMILES string of the molecule is CCOc1cc(F)ccc1NC(=O)CCS(=O)(=O)CC(C)C. The summed E-state index contributed by atoms with van der Waals surface area (Å²) in [5.41, 5.74) is 0.328. The van der Waals surface area contributed by atoms with Crippen LogP contribution in [0.1, 0.15) is 27.2 Å². The Balaban J connectivity index is 2.66. The third-order valence-electron chi connectivity index (χ3n) is 2.74. The van der Waals surface area contributed by atoms with Gasteiger partial charge in [-0.25, -0.2) is 12.8 Å². The molecule has 0 aliphatic heterocycles. The predicted molar refractivity (Wildman–Crippen MR) is 84.3 cm³/mol. The Morgan fingerprint density at radius 1 is 1.36 bits per heavy atom. The molecule has 0 bridgehead atoms. The monoisotopic (exact) mass is 331 g/mol. The largest absolute Gasteiger partial charge is 0.492 e. The smallest absolute Gasteiger partial charge is 0.225 e. The molecule has 1 amide bonds. The minimum atomic E-state index is -3.25. The lowest BCUT2D eigenvalue weighted by Gasteiger charge is -2.12. The zero-order valence-electron chi connectivity index (χ0n) is 13.1. The van der Waals surface area contributed by atoms with Gasteiger partial charge in [-0.2, -0.15) is 0 Å². The second-order valence-electron chi connectivity index (χ2n) is 5.38. The molecule has 0 aliphatic carbocycles. The molecule has 5 nitrogen and oxygen atoms in total. The van der Waals surface area contributed by atoms with Crippen LogP contribution in [0.15, 0.2) is 18.2 Å². The van der Waals surface area contributed by atoms with E-state index >= 15 is 0 Å². The Morgan fingerprint density at radius 3 is 2.64 bits per heavy atom. The van der Waals surface area contributed by atoms with Gasteiger partial charge in [-0.3, -0.25) is 4.79 Å². The number of anilines is 1. The summed E-state index contributed by atoms with van der Waals surface area (Å²) in [7, 11) is -3.25. The highest BCUT2D eigenvalue weighted by Crippen LogP contribution is 2.25. The van der Waals surface area contributed by atoms with E-state index in [4.69, 9.17) is 4.74 Å². The Morgan fingerprint density at radius 2 is 2.05 bits per heavy atom. The van der Waals surface area contributed by atoms with E-state index in [9.17, 15) is 17.6 Å². The average molecular weight is 331 g/mol. The maximum atomic E-state index is 13.2. The number of sulfone groups is 1. The number of amides is 1. The van der Waals surface area contributed by atoms with Gasteiger partial charge in [-0.1, -0.05) is 13.8 Å². The van der Waals surface area contributed by atoms with Crippen LogP contribution in [0.2, 0.25) is 0 Å². The summed E-state index contributed by atoms with van der Waals surface area (Å²) in [6.07, 6.45) is -0.141. The van der Waals surface area contributed by atoms with Gasteiger partial charge in [-0.05, 0) is 25.0 Å². The molecule has 0 aliphatic rings. The van der Waals surface area contributed by atoms with Crippen LogP contribution >= 0.6 is 0 Å². The number of rotatable bonds is 8. The van der Waals surface area contributed by atoms with Gasteiger partial charge in [0, 0.05) is 12.5 Å². The number of hydrogen-bond acceptors (Lipinski definition) is 4. The van der Waals surface area contributed by atoms with E-state index in [0.29, 0.717) is 12.3 Å². The van der Waals surface area contributed by atoms with Crippen LogP contribution in [0.25, 0.3) is 0 Å². The molecule has 0 unspecified atom stereocenters. The van der Waals surface area contributed by atoms with E-state index in [0.717, 1.165) is 0 Å². The van der Waals surface area contributed by atoms with Crippen LogP contribution in [0.3, 0.4) is 0 Å². The fourth-order valence-electron chi connectivity index (χ4n) is 1.93. The van der Waals surface area contributed by atoms with Crippen LogP contribution in [0, 0.1) is 11.7 Å². The maximum Gasteiger partial charge on any atom is 0.225 e. The van der Waals surface area contributed by atoms with Crippen molar-refractivity contribution in [3.05, 3.63) is 24.0 Å². The Hall–Kier alpha value is -1.63. The molecule has 1 N–H and O–H groups in total. The van der Waals surface area contributed by atoms with Gasteiger partial charge in [0.15, 0.2) is 9.84 Å². The summed E-state index contributed by atoms with van der Waals surface area (Å²) in [5.74, 6) is -0.820. The minimum Gasteiger partial charge on any atom is -0.492 e. The second-order valence-corrected chi connectivity index (χ2v) is 7.61. The first-order valence-electron chi connectivity index (χ1n) is 7.16. The zero-order chi connectivity index (χ0) is 16.8. The quantitative estimate of drug-likeness (QED) is 0.795. The lowest BCUT2D eigenvalue weighted by molar-refractivity contribution is -0.115. The molecule has 1 aromatic rings. The number of ether oxygens (including phenoxy) is 1. The summed E-state index contributed by atoms with van der Waals surface area (Å²) in [6.45, 7) is 5.69. The molecule has 0 fully saturated rings. The zero-order valence-corrected chi connectivity index (χ0v) is 13.9. The van der Waals surface area contributed by atoms with E-state index in [1.165, 1.54) is 18.2 Å². The van der Waals surface area contributed by atoms with Gasteiger partial charge in [0.2, 0.25) is 5.91 Å². The number of hydrogen-bond donors (Lipinski definition) is 1. The maximum absolute atomic E-state index is 13.2. The summed E-state index contributed by atoms with van der Waals surface area (Å²) in [6, 6.07) is 3.77. The van der Waals surface area contributed by atoms with Crippen molar-refractivity contribution in [2.75, 3.05) is 23.4 Å². The van der Waals surface area contributed by atoms with Crippen molar-refractivity contribution >= 4 is 21.4 Å². The summed E-state index contributed by atoms with van der Waals surface area (Å²) in [4.78, 5) is 11.9. The second kappa shape index (κ2) is 8.12. The fraction of sp³-hybridized carbons (Fsp3) is 0.533. The van der Waals surface area contributed by atoms with Crippen LogP contribution in [0.4, 0.5) is 10.1 Å². The molecule has 7 heteroatoms. The molecule has 0 radical (unpaired) electrons. The molecule has 0 saturated heterocycles. The van der Waals surface area contributed by atoms with Crippen molar-refractivity contribution in [2.45, 2.75) is 27.2 Å². The highest BCUT2D eigenvalue weighted by Gasteiger charge is 2.16. The molecule has 1 aromatic carbocycles. The molecule has 0 aromatic heterocycles. The number of nitrogens with one attached hydrogen (secondary N) is 1. The van der Waals surface area contributed by atoms with Crippen LogP contribution < -0.4 is 10.1 Å². The van der Waals surface area contributed by atoms with Crippen LogP contribution in [-0.4, -0.2) is 32.4 Å². The third kappa shape index (κ3) is 6.43. The summed E-state index contributed by atoms with van der Waals surface area (Å²) < 4.78 is 41.9. The number of carbonyl (C=O) groups is 1. The predicted octanol–water partition coefficient (Wildman–Crippen LogP) is 2.62. The normalized spacial score (nSPS) is 11.5. The van der Waals surface area contributed by atoms with E-state index in [1.807, 2.05) is 13.8 Å². The molecule has 22 heavy (non-hydrogen) atoms. The van der Waals surface area contributed by atoms with Crippen molar-refractivity contribution in [1.29, 1.82) is 0 Å². The number of carbonyl (C=O) groups excluding carboxylic acids is 1. The topological polar surface area (TPSA) is 72.5 Å². The Labute approximate surface area is 130 Å². The fourth-order valence-corrected chi connectivity index (χ4v) is 3.61. The minimum absolute atomic E-state index is 0.0229.